The first-order valence-electron chi connectivity index (χ1n) is 8.05. The molecule has 0 radical (unpaired) electrons. The molecule has 0 aromatic carbocycles. The summed E-state index contributed by atoms with van der Waals surface area (Å²) in [6, 6.07) is 0.840. The maximum atomic E-state index is 5.77. The van der Waals surface area contributed by atoms with Crippen molar-refractivity contribution in [2.24, 2.45) is 5.92 Å². The van der Waals surface area contributed by atoms with Gasteiger partial charge >= 0.3 is 0 Å². The molecule has 1 saturated carbocycles. The van der Waals surface area contributed by atoms with Gasteiger partial charge < -0.3 is 4.74 Å². The highest BCUT2D eigenvalue weighted by Crippen LogP contribution is 2.22. The molecule has 0 amide bonds. The number of ether oxygens (including phenoxy) is 1. The number of hydrogen-bond donors (Lipinski definition) is 0. The zero-order valence-electron chi connectivity index (χ0n) is 12.8. The summed E-state index contributed by atoms with van der Waals surface area (Å²) >= 11 is 0. The molecule has 0 aromatic rings. The Labute approximate surface area is 114 Å². The summed E-state index contributed by atoms with van der Waals surface area (Å²) in [6.45, 7) is 11.0. The molecule has 0 atom stereocenters. The lowest BCUT2D eigenvalue weighted by atomic mass is 9.94. The van der Waals surface area contributed by atoms with Crippen LogP contribution in [-0.4, -0.2) is 37.2 Å². The third-order valence-electron chi connectivity index (χ3n) is 3.96. The van der Waals surface area contributed by atoms with Crippen LogP contribution in [0.3, 0.4) is 0 Å². The number of rotatable bonds is 9. The molecule has 0 heterocycles. The van der Waals surface area contributed by atoms with Crippen molar-refractivity contribution in [1.82, 2.24) is 4.90 Å². The lowest BCUT2D eigenvalue weighted by Crippen LogP contribution is -2.39. The SMILES string of the molecule is CCCN(CCOCCC(C)C)C1CCCCC1. The average Bonchev–Trinajstić information content (AvgIpc) is 2.38. The van der Waals surface area contributed by atoms with Crippen molar-refractivity contribution in [2.45, 2.75) is 71.8 Å². The van der Waals surface area contributed by atoms with Crippen LogP contribution in [-0.2, 0) is 4.74 Å². The first-order chi connectivity index (χ1) is 8.74. The van der Waals surface area contributed by atoms with Gasteiger partial charge in [0.05, 0.1) is 6.61 Å². The van der Waals surface area contributed by atoms with E-state index in [9.17, 15) is 0 Å². The normalized spacial score (nSPS) is 17.8. The van der Waals surface area contributed by atoms with E-state index >= 15 is 0 Å². The molecule has 2 heteroatoms. The summed E-state index contributed by atoms with van der Waals surface area (Å²) < 4.78 is 5.77. The topological polar surface area (TPSA) is 12.5 Å². The van der Waals surface area contributed by atoms with Crippen molar-refractivity contribution in [3.63, 3.8) is 0 Å². The van der Waals surface area contributed by atoms with Crippen LogP contribution in [0.5, 0.6) is 0 Å². The maximum absolute atomic E-state index is 5.77. The highest BCUT2D eigenvalue weighted by Gasteiger charge is 2.19. The minimum Gasteiger partial charge on any atom is -0.380 e. The fourth-order valence-electron chi connectivity index (χ4n) is 2.81. The summed E-state index contributed by atoms with van der Waals surface area (Å²) in [5, 5.41) is 0. The van der Waals surface area contributed by atoms with Crippen molar-refractivity contribution in [1.29, 1.82) is 0 Å². The monoisotopic (exact) mass is 255 g/mol. The lowest BCUT2D eigenvalue weighted by molar-refractivity contribution is 0.0714. The second-order valence-corrected chi connectivity index (χ2v) is 6.12. The van der Waals surface area contributed by atoms with Gasteiger partial charge in [-0.05, 0) is 38.1 Å². The standard InChI is InChI=1S/C16H33NO/c1-4-11-17(16-8-6-5-7-9-16)12-14-18-13-10-15(2)3/h15-16H,4-14H2,1-3H3. The molecule has 0 N–H and O–H groups in total. The van der Waals surface area contributed by atoms with E-state index in [0.717, 1.165) is 31.7 Å². The van der Waals surface area contributed by atoms with E-state index < -0.39 is 0 Å². The molecule has 0 unspecified atom stereocenters. The Hall–Kier alpha value is -0.0800. The minimum absolute atomic E-state index is 0.759. The van der Waals surface area contributed by atoms with Crippen molar-refractivity contribution >= 4 is 0 Å². The summed E-state index contributed by atoms with van der Waals surface area (Å²) in [5.74, 6) is 0.759. The molecule has 1 aliphatic carbocycles. The summed E-state index contributed by atoms with van der Waals surface area (Å²) in [5.41, 5.74) is 0. The highest BCUT2D eigenvalue weighted by molar-refractivity contribution is 4.75. The van der Waals surface area contributed by atoms with Crippen LogP contribution < -0.4 is 0 Å². The van der Waals surface area contributed by atoms with Crippen LogP contribution in [0.25, 0.3) is 0 Å². The van der Waals surface area contributed by atoms with E-state index in [1.165, 1.54) is 51.5 Å². The van der Waals surface area contributed by atoms with Crippen LogP contribution >= 0.6 is 0 Å². The van der Waals surface area contributed by atoms with Gasteiger partial charge in [0.25, 0.3) is 0 Å². The second kappa shape index (κ2) is 9.80. The molecule has 108 valence electrons. The van der Waals surface area contributed by atoms with E-state index in [0.29, 0.717) is 0 Å². The van der Waals surface area contributed by atoms with Gasteiger partial charge in [0, 0.05) is 19.2 Å². The molecule has 0 aliphatic heterocycles. The van der Waals surface area contributed by atoms with Gasteiger partial charge in [0.2, 0.25) is 0 Å². The third-order valence-corrected chi connectivity index (χ3v) is 3.96. The van der Waals surface area contributed by atoms with Crippen LogP contribution in [0.15, 0.2) is 0 Å². The van der Waals surface area contributed by atoms with Gasteiger partial charge in [0.15, 0.2) is 0 Å². The predicted molar refractivity (Wildman–Crippen MR) is 79.0 cm³/mol. The van der Waals surface area contributed by atoms with Crippen LogP contribution in [0, 0.1) is 5.92 Å². The Balaban J connectivity index is 2.16. The first kappa shape index (κ1) is 16.0. The van der Waals surface area contributed by atoms with Gasteiger partial charge in [-0.2, -0.15) is 0 Å². The molecule has 0 spiro atoms. The number of nitrogens with zero attached hydrogens (tertiary/aromatic N) is 1. The maximum Gasteiger partial charge on any atom is 0.0593 e. The average molecular weight is 255 g/mol. The van der Waals surface area contributed by atoms with Gasteiger partial charge in [-0.25, -0.2) is 0 Å². The Bertz CT molecular complexity index is 188. The fraction of sp³-hybridized carbons (Fsp3) is 1.00. The Kier molecular flexibility index (Phi) is 8.70. The van der Waals surface area contributed by atoms with E-state index in [2.05, 4.69) is 25.7 Å². The van der Waals surface area contributed by atoms with Crippen LogP contribution in [0.1, 0.15) is 65.7 Å². The summed E-state index contributed by atoms with van der Waals surface area (Å²) in [6.07, 6.45) is 9.58. The Morgan fingerprint density at radius 1 is 1.06 bits per heavy atom. The highest BCUT2D eigenvalue weighted by atomic mass is 16.5. The molecule has 1 fully saturated rings. The minimum atomic E-state index is 0.759. The molecule has 0 bridgehead atoms. The molecular formula is C16H33NO. The smallest absolute Gasteiger partial charge is 0.0593 e. The Morgan fingerprint density at radius 2 is 1.78 bits per heavy atom. The van der Waals surface area contributed by atoms with Crippen LogP contribution in [0.4, 0.5) is 0 Å². The van der Waals surface area contributed by atoms with Crippen LogP contribution in [0.2, 0.25) is 0 Å². The fourth-order valence-corrected chi connectivity index (χ4v) is 2.81. The van der Waals surface area contributed by atoms with Gasteiger partial charge in [-0.15, -0.1) is 0 Å². The second-order valence-electron chi connectivity index (χ2n) is 6.12. The quantitative estimate of drug-likeness (QED) is 0.575. The molecule has 1 aliphatic rings. The molecule has 18 heavy (non-hydrogen) atoms. The van der Waals surface area contributed by atoms with Crippen molar-refractivity contribution in [2.75, 3.05) is 26.3 Å². The van der Waals surface area contributed by atoms with Crippen molar-refractivity contribution < 1.29 is 4.74 Å². The zero-order chi connectivity index (χ0) is 13.2. The van der Waals surface area contributed by atoms with Crippen molar-refractivity contribution in [3.8, 4) is 0 Å². The summed E-state index contributed by atoms with van der Waals surface area (Å²) in [7, 11) is 0. The summed E-state index contributed by atoms with van der Waals surface area (Å²) in [4.78, 5) is 2.68. The molecule has 0 saturated heterocycles. The first-order valence-corrected chi connectivity index (χ1v) is 8.05. The third kappa shape index (κ3) is 6.75. The van der Waals surface area contributed by atoms with Gasteiger partial charge in [0.1, 0.15) is 0 Å². The molecule has 0 aromatic heterocycles. The van der Waals surface area contributed by atoms with Gasteiger partial charge in [-0.1, -0.05) is 40.0 Å². The largest absolute Gasteiger partial charge is 0.380 e. The van der Waals surface area contributed by atoms with E-state index in [4.69, 9.17) is 4.74 Å². The predicted octanol–water partition coefficient (Wildman–Crippen LogP) is 4.09. The molecule has 1 rings (SSSR count). The zero-order valence-corrected chi connectivity index (χ0v) is 12.8. The van der Waals surface area contributed by atoms with Gasteiger partial charge in [-0.3, -0.25) is 4.90 Å². The van der Waals surface area contributed by atoms with E-state index in [1.54, 1.807) is 0 Å². The number of hydrogen-bond acceptors (Lipinski definition) is 2. The van der Waals surface area contributed by atoms with E-state index in [-0.39, 0.29) is 0 Å². The lowest BCUT2D eigenvalue weighted by Gasteiger charge is -2.34. The Morgan fingerprint density at radius 3 is 2.39 bits per heavy atom. The van der Waals surface area contributed by atoms with Crippen molar-refractivity contribution in [3.05, 3.63) is 0 Å². The van der Waals surface area contributed by atoms with E-state index in [1.807, 2.05) is 0 Å². The molecular weight excluding hydrogens is 222 g/mol. The molecule has 2 nitrogen and oxygen atoms in total.